The Bertz CT molecular complexity index is 516. The molecule has 0 aromatic heterocycles. The molecule has 0 amide bonds. The summed E-state index contributed by atoms with van der Waals surface area (Å²) in [6.45, 7) is 0. The van der Waals surface area contributed by atoms with Crippen LogP contribution in [0.2, 0.25) is 5.02 Å². The molecule has 0 spiro atoms. The highest BCUT2D eigenvalue weighted by Gasteiger charge is 2.48. The molecule has 3 rings (SSSR count). The number of halogens is 1. The number of hydrogen-bond acceptors (Lipinski definition) is 3. The Labute approximate surface area is 117 Å². The summed E-state index contributed by atoms with van der Waals surface area (Å²) in [6.07, 6.45) is 3.35. The average Bonchev–Trinajstić information content (AvgIpc) is 3.04. The van der Waals surface area contributed by atoms with Crippen molar-refractivity contribution in [1.29, 1.82) is 0 Å². The van der Waals surface area contributed by atoms with Gasteiger partial charge in [0.15, 0.2) is 17.3 Å². The van der Waals surface area contributed by atoms with Crippen molar-refractivity contribution < 1.29 is 14.3 Å². The van der Waals surface area contributed by atoms with E-state index in [0.717, 1.165) is 24.7 Å². The molecule has 3 nitrogen and oxygen atoms in total. The maximum Gasteiger partial charge on any atom is 0.167 e. The molecule has 2 fully saturated rings. The quantitative estimate of drug-likeness (QED) is 0.791. The van der Waals surface area contributed by atoms with Crippen molar-refractivity contribution in [2.24, 2.45) is 17.8 Å². The van der Waals surface area contributed by atoms with Gasteiger partial charge in [0.2, 0.25) is 0 Å². The van der Waals surface area contributed by atoms with Crippen LogP contribution in [0.4, 0.5) is 0 Å². The van der Waals surface area contributed by atoms with Crippen molar-refractivity contribution in [3.8, 4) is 11.5 Å². The van der Waals surface area contributed by atoms with Crippen molar-refractivity contribution >= 4 is 17.4 Å². The monoisotopic (exact) mass is 280 g/mol. The SMILES string of the molecule is COc1cc(Cl)c(C(=O)C2CC3CC3C2)cc1OC. The van der Waals surface area contributed by atoms with E-state index >= 15 is 0 Å². The first-order chi connectivity index (χ1) is 9.13. The molecule has 0 N–H and O–H groups in total. The molecule has 0 aliphatic heterocycles. The number of carbonyl (C=O) groups excluding carboxylic acids is 1. The highest BCUT2D eigenvalue weighted by Crippen LogP contribution is 2.55. The van der Waals surface area contributed by atoms with Gasteiger partial charge >= 0.3 is 0 Å². The summed E-state index contributed by atoms with van der Waals surface area (Å²) >= 11 is 6.20. The van der Waals surface area contributed by atoms with E-state index in [0.29, 0.717) is 22.1 Å². The fourth-order valence-electron chi connectivity index (χ4n) is 3.19. The first-order valence-electron chi connectivity index (χ1n) is 6.59. The largest absolute Gasteiger partial charge is 0.493 e. The third kappa shape index (κ3) is 2.20. The third-order valence-electron chi connectivity index (χ3n) is 4.35. The lowest BCUT2D eigenvalue weighted by Gasteiger charge is -2.14. The molecule has 0 radical (unpaired) electrons. The van der Waals surface area contributed by atoms with Crippen LogP contribution in [-0.4, -0.2) is 20.0 Å². The van der Waals surface area contributed by atoms with Crippen molar-refractivity contribution in [2.45, 2.75) is 19.3 Å². The highest BCUT2D eigenvalue weighted by molar-refractivity contribution is 6.34. The molecule has 0 saturated heterocycles. The Morgan fingerprint density at radius 3 is 2.26 bits per heavy atom. The number of methoxy groups -OCH3 is 2. The predicted octanol–water partition coefficient (Wildman–Crippen LogP) is 3.59. The van der Waals surface area contributed by atoms with Crippen molar-refractivity contribution in [2.75, 3.05) is 14.2 Å². The zero-order valence-electron chi connectivity index (χ0n) is 11.1. The van der Waals surface area contributed by atoms with Crippen molar-refractivity contribution in [1.82, 2.24) is 0 Å². The van der Waals surface area contributed by atoms with E-state index in [1.807, 2.05) is 0 Å². The lowest BCUT2D eigenvalue weighted by atomic mass is 9.93. The minimum absolute atomic E-state index is 0.138. The van der Waals surface area contributed by atoms with Crippen molar-refractivity contribution in [3.63, 3.8) is 0 Å². The van der Waals surface area contributed by atoms with Crippen LogP contribution in [0.15, 0.2) is 12.1 Å². The van der Waals surface area contributed by atoms with Crippen LogP contribution in [-0.2, 0) is 0 Å². The molecule has 4 heteroatoms. The number of rotatable bonds is 4. The Hall–Kier alpha value is -1.22. The molecule has 2 aliphatic rings. The molecule has 0 heterocycles. The Balaban J connectivity index is 1.88. The zero-order chi connectivity index (χ0) is 13.6. The second-order valence-corrected chi connectivity index (χ2v) is 5.88. The van der Waals surface area contributed by atoms with Crippen LogP contribution in [0.5, 0.6) is 11.5 Å². The number of carbonyl (C=O) groups is 1. The highest BCUT2D eigenvalue weighted by atomic mass is 35.5. The van der Waals surface area contributed by atoms with Crippen LogP contribution < -0.4 is 9.47 Å². The van der Waals surface area contributed by atoms with Gasteiger partial charge in [-0.25, -0.2) is 0 Å². The smallest absolute Gasteiger partial charge is 0.167 e. The van der Waals surface area contributed by atoms with Gasteiger partial charge in [0.1, 0.15) is 0 Å². The van der Waals surface area contributed by atoms with Crippen molar-refractivity contribution in [3.05, 3.63) is 22.7 Å². The van der Waals surface area contributed by atoms with Crippen LogP contribution in [0.1, 0.15) is 29.6 Å². The molecule has 2 saturated carbocycles. The predicted molar refractivity (Wildman–Crippen MR) is 73.2 cm³/mol. The number of Topliss-reactive ketones (excluding diaryl/α,β-unsaturated/α-hetero) is 1. The second-order valence-electron chi connectivity index (χ2n) is 5.48. The molecule has 2 unspecified atom stereocenters. The number of ketones is 1. The van der Waals surface area contributed by atoms with Gasteiger partial charge in [-0.05, 0) is 37.2 Å². The fraction of sp³-hybridized carbons (Fsp3) is 0.533. The second kappa shape index (κ2) is 4.71. The fourth-order valence-corrected chi connectivity index (χ4v) is 3.44. The maximum atomic E-state index is 12.5. The molecule has 2 aliphatic carbocycles. The van der Waals surface area contributed by atoms with E-state index in [1.165, 1.54) is 6.42 Å². The van der Waals surface area contributed by atoms with Gasteiger partial charge in [0.25, 0.3) is 0 Å². The topological polar surface area (TPSA) is 35.5 Å². The molecular weight excluding hydrogens is 264 g/mol. The maximum absolute atomic E-state index is 12.5. The average molecular weight is 281 g/mol. The molecule has 102 valence electrons. The van der Waals surface area contributed by atoms with Gasteiger partial charge < -0.3 is 9.47 Å². The van der Waals surface area contributed by atoms with E-state index in [1.54, 1.807) is 26.4 Å². The summed E-state index contributed by atoms with van der Waals surface area (Å²) in [5.41, 5.74) is 0.561. The summed E-state index contributed by atoms with van der Waals surface area (Å²) in [4.78, 5) is 12.5. The van der Waals surface area contributed by atoms with Gasteiger partial charge in [-0.3, -0.25) is 4.79 Å². The number of hydrogen-bond donors (Lipinski definition) is 0. The third-order valence-corrected chi connectivity index (χ3v) is 4.67. The van der Waals surface area contributed by atoms with Crippen LogP contribution in [0.3, 0.4) is 0 Å². The molecule has 19 heavy (non-hydrogen) atoms. The van der Waals surface area contributed by atoms with E-state index in [-0.39, 0.29) is 11.7 Å². The molecule has 0 bridgehead atoms. The van der Waals surface area contributed by atoms with Crippen LogP contribution in [0.25, 0.3) is 0 Å². The van der Waals surface area contributed by atoms with Gasteiger partial charge in [-0.1, -0.05) is 11.6 Å². The Kier molecular flexibility index (Phi) is 3.17. The van der Waals surface area contributed by atoms with Crippen LogP contribution >= 0.6 is 11.6 Å². The summed E-state index contributed by atoms with van der Waals surface area (Å²) in [5.74, 6) is 2.97. The van der Waals surface area contributed by atoms with Gasteiger partial charge in [0.05, 0.1) is 19.2 Å². The Morgan fingerprint density at radius 1 is 1.11 bits per heavy atom. The lowest BCUT2D eigenvalue weighted by Crippen LogP contribution is -2.14. The lowest BCUT2D eigenvalue weighted by molar-refractivity contribution is 0.0914. The van der Waals surface area contributed by atoms with E-state index in [9.17, 15) is 4.79 Å². The molecule has 1 aromatic carbocycles. The number of benzene rings is 1. The molecule has 2 atom stereocenters. The standard InChI is InChI=1S/C15H17ClO3/c1-18-13-6-11(12(16)7-14(13)19-2)15(17)10-4-8-3-9(8)5-10/h6-10H,3-5H2,1-2H3. The number of ether oxygens (including phenoxy) is 2. The first-order valence-corrected chi connectivity index (χ1v) is 6.97. The summed E-state index contributed by atoms with van der Waals surface area (Å²) in [7, 11) is 3.12. The first kappa shape index (κ1) is 12.8. The molecular formula is C15H17ClO3. The van der Waals surface area contributed by atoms with E-state index in [4.69, 9.17) is 21.1 Å². The van der Waals surface area contributed by atoms with E-state index < -0.39 is 0 Å². The van der Waals surface area contributed by atoms with Crippen LogP contribution in [0, 0.1) is 17.8 Å². The normalized spacial score (nSPS) is 27.8. The summed E-state index contributed by atoms with van der Waals surface area (Å²) in [6, 6.07) is 3.36. The van der Waals surface area contributed by atoms with E-state index in [2.05, 4.69) is 0 Å². The zero-order valence-corrected chi connectivity index (χ0v) is 11.9. The molecule has 1 aromatic rings. The summed E-state index contributed by atoms with van der Waals surface area (Å²) in [5, 5.41) is 0.447. The minimum atomic E-state index is 0.138. The number of fused-ring (bicyclic) bond motifs is 1. The minimum Gasteiger partial charge on any atom is -0.493 e. The van der Waals surface area contributed by atoms with Gasteiger partial charge in [0, 0.05) is 17.5 Å². The van der Waals surface area contributed by atoms with Gasteiger partial charge in [-0.2, -0.15) is 0 Å². The Morgan fingerprint density at radius 2 is 1.68 bits per heavy atom. The van der Waals surface area contributed by atoms with Gasteiger partial charge in [-0.15, -0.1) is 0 Å². The summed E-state index contributed by atoms with van der Waals surface area (Å²) < 4.78 is 10.4.